The van der Waals surface area contributed by atoms with E-state index in [4.69, 9.17) is 9.90 Å². The SMILES string of the molecule is O=C(O)C(F)(F)F.O=C(O)CC(NC(=O)CCCCc1ccc2c(n1)NCCC2)c1ccc(-c2ccccc2)c(F)c1. The summed E-state index contributed by atoms with van der Waals surface area (Å²) in [5.41, 5.74) is 3.84. The number of alkyl halides is 3. The largest absolute Gasteiger partial charge is 0.490 e. The van der Waals surface area contributed by atoms with Gasteiger partial charge < -0.3 is 20.8 Å². The summed E-state index contributed by atoms with van der Waals surface area (Å²) < 4.78 is 46.6. The summed E-state index contributed by atoms with van der Waals surface area (Å²) in [5, 5.41) is 22.6. The third-order valence-corrected chi connectivity index (χ3v) is 6.48. The van der Waals surface area contributed by atoms with Crippen LogP contribution < -0.4 is 10.6 Å². The van der Waals surface area contributed by atoms with Gasteiger partial charge in [-0.05, 0) is 60.9 Å². The first-order valence-corrected chi connectivity index (χ1v) is 13.3. The second-order valence-electron chi connectivity index (χ2n) is 9.67. The van der Waals surface area contributed by atoms with Crippen molar-refractivity contribution in [2.24, 2.45) is 0 Å². The van der Waals surface area contributed by atoms with E-state index in [-0.39, 0.29) is 18.7 Å². The number of halogens is 4. The smallest absolute Gasteiger partial charge is 0.481 e. The van der Waals surface area contributed by atoms with Gasteiger partial charge in [0, 0.05) is 24.2 Å². The lowest BCUT2D eigenvalue weighted by Gasteiger charge is -2.19. The summed E-state index contributed by atoms with van der Waals surface area (Å²) in [7, 11) is 0. The highest BCUT2D eigenvalue weighted by molar-refractivity contribution is 5.78. The summed E-state index contributed by atoms with van der Waals surface area (Å²) in [4.78, 5) is 37.5. The van der Waals surface area contributed by atoms with Crippen molar-refractivity contribution in [1.29, 1.82) is 0 Å². The fourth-order valence-electron chi connectivity index (χ4n) is 4.39. The number of benzene rings is 2. The number of aryl methyl sites for hydroxylation is 2. The maximum Gasteiger partial charge on any atom is 0.490 e. The number of anilines is 1. The maximum atomic E-state index is 14.8. The van der Waals surface area contributed by atoms with Gasteiger partial charge in [0.15, 0.2) is 0 Å². The van der Waals surface area contributed by atoms with Crippen LogP contribution in [-0.4, -0.2) is 45.8 Å². The average molecular weight is 590 g/mol. The van der Waals surface area contributed by atoms with Crippen LogP contribution >= 0.6 is 0 Å². The van der Waals surface area contributed by atoms with Crippen LogP contribution in [0.3, 0.4) is 0 Å². The number of aromatic nitrogens is 1. The van der Waals surface area contributed by atoms with Crippen LogP contribution in [0.2, 0.25) is 0 Å². The number of hydrogen-bond donors (Lipinski definition) is 4. The van der Waals surface area contributed by atoms with Crippen LogP contribution in [0, 0.1) is 5.82 Å². The highest BCUT2D eigenvalue weighted by atomic mass is 19.4. The molecule has 0 fully saturated rings. The highest BCUT2D eigenvalue weighted by Crippen LogP contribution is 2.27. The Morgan fingerprint density at radius 2 is 1.71 bits per heavy atom. The standard InChI is InChI=1S/C28H30FN3O3.C2HF3O2/c29-24-17-21(13-15-23(24)19-7-2-1-3-8-19)25(18-27(34)35)32-26(33)11-5-4-10-22-14-12-20-9-6-16-30-28(20)31-22;3-2(4,5)1(6)7/h1-3,7-8,12-15,17,25H,4-6,9-11,16,18H2,(H,30,31)(H,32,33)(H,34,35);(H,6,7). The van der Waals surface area contributed by atoms with E-state index in [1.54, 1.807) is 12.1 Å². The molecule has 2 heterocycles. The lowest BCUT2D eigenvalue weighted by Crippen LogP contribution is -2.30. The van der Waals surface area contributed by atoms with Gasteiger partial charge in [-0.25, -0.2) is 14.2 Å². The highest BCUT2D eigenvalue weighted by Gasteiger charge is 2.38. The molecule has 4 rings (SSSR count). The van der Waals surface area contributed by atoms with Crippen LogP contribution in [0.5, 0.6) is 0 Å². The Morgan fingerprint density at radius 1 is 1.00 bits per heavy atom. The minimum atomic E-state index is -5.08. The van der Waals surface area contributed by atoms with E-state index in [1.807, 2.05) is 36.4 Å². The number of carboxylic acid groups (broad SMARTS) is 2. The van der Waals surface area contributed by atoms with Gasteiger partial charge in [0.05, 0.1) is 12.5 Å². The molecule has 1 atom stereocenters. The van der Waals surface area contributed by atoms with E-state index in [0.29, 0.717) is 17.5 Å². The zero-order chi connectivity index (χ0) is 30.7. The average Bonchev–Trinajstić information content (AvgIpc) is 2.95. The lowest BCUT2D eigenvalue weighted by molar-refractivity contribution is -0.192. The maximum absolute atomic E-state index is 14.8. The van der Waals surface area contributed by atoms with E-state index in [9.17, 15) is 32.3 Å². The number of carbonyl (C=O) groups excluding carboxylic acids is 1. The first kappa shape index (κ1) is 32.0. The number of carbonyl (C=O) groups is 3. The number of aliphatic carboxylic acids is 2. The van der Waals surface area contributed by atoms with E-state index in [1.165, 1.54) is 11.6 Å². The first-order chi connectivity index (χ1) is 19.9. The van der Waals surface area contributed by atoms with Crippen molar-refractivity contribution in [1.82, 2.24) is 10.3 Å². The van der Waals surface area contributed by atoms with Gasteiger partial charge in [0.2, 0.25) is 5.91 Å². The quantitative estimate of drug-likeness (QED) is 0.171. The molecule has 1 aliphatic rings. The van der Waals surface area contributed by atoms with Crippen molar-refractivity contribution in [3.63, 3.8) is 0 Å². The number of nitrogens with one attached hydrogen (secondary N) is 2. The number of fused-ring (bicyclic) bond motifs is 1. The third kappa shape index (κ3) is 9.86. The fourth-order valence-corrected chi connectivity index (χ4v) is 4.39. The van der Waals surface area contributed by atoms with E-state index < -0.39 is 30.0 Å². The normalized spacial score (nSPS) is 13.0. The Morgan fingerprint density at radius 3 is 2.36 bits per heavy atom. The van der Waals surface area contributed by atoms with E-state index in [0.717, 1.165) is 49.3 Å². The van der Waals surface area contributed by atoms with Gasteiger partial charge in [-0.1, -0.05) is 48.5 Å². The zero-order valence-corrected chi connectivity index (χ0v) is 22.6. The topological polar surface area (TPSA) is 129 Å². The predicted molar refractivity (Wildman–Crippen MR) is 147 cm³/mol. The summed E-state index contributed by atoms with van der Waals surface area (Å²) in [5.74, 6) is -3.55. The molecule has 0 spiro atoms. The van der Waals surface area contributed by atoms with Crippen molar-refractivity contribution < 1.29 is 42.2 Å². The first-order valence-electron chi connectivity index (χ1n) is 13.3. The molecule has 0 saturated heterocycles. The molecule has 4 N–H and O–H groups in total. The molecule has 0 aliphatic carbocycles. The summed E-state index contributed by atoms with van der Waals surface area (Å²) >= 11 is 0. The second kappa shape index (κ2) is 14.9. The molecule has 1 unspecified atom stereocenters. The predicted octanol–water partition coefficient (Wildman–Crippen LogP) is 5.92. The molecule has 0 bridgehead atoms. The van der Waals surface area contributed by atoms with Crippen LogP contribution in [-0.2, 0) is 27.2 Å². The third-order valence-electron chi connectivity index (χ3n) is 6.48. The summed E-state index contributed by atoms with van der Waals surface area (Å²) in [6.07, 6.45) is -0.747. The van der Waals surface area contributed by atoms with Crippen molar-refractivity contribution in [3.8, 4) is 11.1 Å². The van der Waals surface area contributed by atoms with Gasteiger partial charge >= 0.3 is 18.1 Å². The molecule has 0 radical (unpaired) electrons. The van der Waals surface area contributed by atoms with Crippen LogP contribution in [0.15, 0.2) is 60.7 Å². The molecule has 3 aromatic rings. The number of rotatable bonds is 10. The number of nitrogens with zero attached hydrogens (tertiary/aromatic N) is 1. The number of pyridine rings is 1. The van der Waals surface area contributed by atoms with Gasteiger partial charge in [-0.3, -0.25) is 9.59 Å². The molecule has 0 saturated carbocycles. The van der Waals surface area contributed by atoms with Crippen LogP contribution in [0.25, 0.3) is 11.1 Å². The molecular formula is C30H31F4N3O5. The van der Waals surface area contributed by atoms with Gasteiger partial charge in [-0.15, -0.1) is 0 Å². The molecule has 1 aliphatic heterocycles. The van der Waals surface area contributed by atoms with Crippen molar-refractivity contribution in [3.05, 3.63) is 83.3 Å². The number of unbranched alkanes of at least 4 members (excludes halogenated alkanes) is 1. The van der Waals surface area contributed by atoms with Gasteiger partial charge in [0.1, 0.15) is 11.6 Å². The second-order valence-corrected chi connectivity index (χ2v) is 9.67. The number of amides is 1. The summed E-state index contributed by atoms with van der Waals surface area (Å²) in [6.45, 7) is 0.944. The van der Waals surface area contributed by atoms with Gasteiger partial charge in [0.25, 0.3) is 0 Å². The molecule has 1 amide bonds. The molecule has 8 nitrogen and oxygen atoms in total. The minimum Gasteiger partial charge on any atom is -0.481 e. The molecule has 1 aromatic heterocycles. The minimum absolute atomic E-state index is 0.246. The van der Waals surface area contributed by atoms with Crippen molar-refractivity contribution in [2.75, 3.05) is 11.9 Å². The Kier molecular flexibility index (Phi) is 11.4. The molecule has 224 valence electrons. The van der Waals surface area contributed by atoms with Crippen molar-refractivity contribution in [2.45, 2.75) is 57.2 Å². The molecule has 2 aromatic carbocycles. The Labute approximate surface area is 239 Å². The Bertz CT molecular complexity index is 1380. The van der Waals surface area contributed by atoms with Crippen LogP contribution in [0.1, 0.15) is 55.0 Å². The van der Waals surface area contributed by atoms with E-state index >= 15 is 0 Å². The van der Waals surface area contributed by atoms with E-state index in [2.05, 4.69) is 21.7 Å². The molecule has 42 heavy (non-hydrogen) atoms. The Balaban J connectivity index is 0.000000616. The fraction of sp³-hybridized carbons (Fsp3) is 0.333. The lowest BCUT2D eigenvalue weighted by atomic mass is 9.98. The Hall–Kier alpha value is -4.48. The van der Waals surface area contributed by atoms with Crippen molar-refractivity contribution >= 4 is 23.7 Å². The zero-order valence-electron chi connectivity index (χ0n) is 22.6. The van der Waals surface area contributed by atoms with Crippen LogP contribution in [0.4, 0.5) is 23.4 Å². The van der Waals surface area contributed by atoms with Gasteiger partial charge in [-0.2, -0.15) is 13.2 Å². The molecule has 12 heteroatoms. The summed E-state index contributed by atoms with van der Waals surface area (Å²) in [6, 6.07) is 17.1. The molecular weight excluding hydrogens is 558 g/mol. The number of carboxylic acids is 2. The number of hydrogen-bond acceptors (Lipinski definition) is 5. The monoisotopic (exact) mass is 589 g/mol.